The van der Waals surface area contributed by atoms with Crippen LogP contribution in [0.5, 0.6) is 0 Å². The molecule has 1 aliphatic heterocycles. The van der Waals surface area contributed by atoms with Gasteiger partial charge in [0.15, 0.2) is 5.96 Å². The highest BCUT2D eigenvalue weighted by atomic mass is 127. The summed E-state index contributed by atoms with van der Waals surface area (Å²) in [7, 11) is 0. The van der Waals surface area contributed by atoms with Gasteiger partial charge >= 0.3 is 0 Å². The van der Waals surface area contributed by atoms with E-state index < -0.39 is 0 Å². The number of halogens is 1. The highest BCUT2D eigenvalue weighted by molar-refractivity contribution is 14.0. The number of aliphatic hydroxyl groups excluding tert-OH is 1. The second kappa shape index (κ2) is 12.0. The lowest BCUT2D eigenvalue weighted by Gasteiger charge is -2.30. The van der Waals surface area contributed by atoms with Crippen LogP contribution >= 0.6 is 24.0 Å². The molecule has 1 saturated heterocycles. The summed E-state index contributed by atoms with van der Waals surface area (Å²) in [5.41, 5.74) is 9.81. The number of likely N-dealkylation sites (tertiary alicyclic amines) is 1. The van der Waals surface area contributed by atoms with Crippen molar-refractivity contribution in [2.24, 2.45) is 10.7 Å². The fourth-order valence-electron chi connectivity index (χ4n) is 3.39. The van der Waals surface area contributed by atoms with Crippen LogP contribution in [0.4, 0.5) is 0 Å². The van der Waals surface area contributed by atoms with Crippen molar-refractivity contribution < 1.29 is 5.11 Å². The molecule has 28 heavy (non-hydrogen) atoms. The summed E-state index contributed by atoms with van der Waals surface area (Å²) in [4.78, 5) is 6.92. The van der Waals surface area contributed by atoms with Crippen LogP contribution in [0.25, 0.3) is 0 Å². The minimum absolute atomic E-state index is 0. The first kappa shape index (κ1) is 22.6. The van der Waals surface area contributed by atoms with Gasteiger partial charge in [-0.1, -0.05) is 54.6 Å². The van der Waals surface area contributed by atoms with Crippen LogP contribution in [0, 0.1) is 0 Å². The number of aliphatic hydroxyl groups is 1. The summed E-state index contributed by atoms with van der Waals surface area (Å²) in [5, 5.41) is 12.9. The van der Waals surface area contributed by atoms with Crippen LogP contribution in [0.2, 0.25) is 0 Å². The minimum Gasteiger partial charge on any atom is -0.393 e. The van der Waals surface area contributed by atoms with Crippen molar-refractivity contribution in [1.29, 1.82) is 0 Å². The molecular formula is C22H31IN4O. The fourth-order valence-corrected chi connectivity index (χ4v) is 3.39. The van der Waals surface area contributed by atoms with Gasteiger partial charge in [-0.05, 0) is 36.0 Å². The van der Waals surface area contributed by atoms with Crippen molar-refractivity contribution >= 4 is 29.9 Å². The number of rotatable bonds is 7. The number of nitrogens with zero attached hydrogens (tertiary/aromatic N) is 2. The summed E-state index contributed by atoms with van der Waals surface area (Å²) >= 11 is 0. The number of hydrogen-bond acceptors (Lipinski definition) is 3. The van der Waals surface area contributed by atoms with E-state index in [-0.39, 0.29) is 30.1 Å². The molecule has 6 heteroatoms. The smallest absolute Gasteiger partial charge is 0.188 e. The Kier molecular flexibility index (Phi) is 9.73. The number of piperidine rings is 1. The molecule has 5 nitrogen and oxygen atoms in total. The molecule has 4 N–H and O–H groups in total. The first-order chi connectivity index (χ1) is 13.2. The van der Waals surface area contributed by atoms with Crippen molar-refractivity contribution in [1.82, 2.24) is 10.2 Å². The average molecular weight is 494 g/mol. The number of nitrogens with two attached hydrogens (primary N) is 1. The highest BCUT2D eigenvalue weighted by Gasteiger charge is 2.17. The molecule has 0 aromatic heterocycles. The summed E-state index contributed by atoms with van der Waals surface area (Å²) in [6.45, 7) is 4.15. The fraction of sp³-hybridized carbons (Fsp3) is 0.409. The topological polar surface area (TPSA) is 73.9 Å². The standard InChI is InChI=1S/C22H30N4O.HI/c23-22(24-13-10-18-6-2-1-3-7-18)25-16-19-8-4-5-9-20(19)17-26-14-11-21(27)12-15-26;/h1-9,21,27H,10-17H2,(H3,23,24,25);1H. The molecule has 0 aliphatic carbocycles. The summed E-state index contributed by atoms with van der Waals surface area (Å²) in [6, 6.07) is 18.8. The van der Waals surface area contributed by atoms with E-state index in [2.05, 4.69) is 45.5 Å². The molecule has 0 atom stereocenters. The SMILES string of the molecule is I.NC(=NCc1ccccc1CN1CCC(O)CC1)NCCc1ccccc1. The third kappa shape index (κ3) is 7.41. The first-order valence-corrected chi connectivity index (χ1v) is 9.75. The molecule has 2 aromatic carbocycles. The molecule has 1 heterocycles. The van der Waals surface area contributed by atoms with Gasteiger partial charge in [-0.15, -0.1) is 24.0 Å². The van der Waals surface area contributed by atoms with Gasteiger partial charge in [-0.2, -0.15) is 0 Å². The van der Waals surface area contributed by atoms with Crippen molar-refractivity contribution in [3.63, 3.8) is 0 Å². The van der Waals surface area contributed by atoms with Gasteiger partial charge in [0.25, 0.3) is 0 Å². The van der Waals surface area contributed by atoms with Crippen LogP contribution in [-0.4, -0.2) is 41.7 Å². The second-order valence-corrected chi connectivity index (χ2v) is 7.14. The number of nitrogens with one attached hydrogen (secondary N) is 1. The Labute approximate surface area is 185 Å². The highest BCUT2D eigenvalue weighted by Crippen LogP contribution is 2.17. The number of benzene rings is 2. The molecule has 0 saturated carbocycles. The van der Waals surface area contributed by atoms with E-state index in [1.54, 1.807) is 0 Å². The van der Waals surface area contributed by atoms with E-state index in [0.29, 0.717) is 12.5 Å². The number of hydrogen-bond donors (Lipinski definition) is 3. The van der Waals surface area contributed by atoms with Gasteiger partial charge in [0, 0.05) is 26.2 Å². The Morgan fingerprint density at radius 2 is 1.68 bits per heavy atom. The predicted molar refractivity (Wildman–Crippen MR) is 126 cm³/mol. The van der Waals surface area contributed by atoms with E-state index >= 15 is 0 Å². The first-order valence-electron chi connectivity index (χ1n) is 9.75. The van der Waals surface area contributed by atoms with Crippen molar-refractivity contribution in [2.75, 3.05) is 19.6 Å². The zero-order chi connectivity index (χ0) is 18.9. The molecule has 0 amide bonds. The van der Waals surface area contributed by atoms with Crippen LogP contribution in [0.15, 0.2) is 59.6 Å². The lowest BCUT2D eigenvalue weighted by atomic mass is 10.0. The van der Waals surface area contributed by atoms with E-state index in [1.807, 2.05) is 24.3 Å². The van der Waals surface area contributed by atoms with Crippen LogP contribution < -0.4 is 11.1 Å². The molecule has 0 spiro atoms. The maximum absolute atomic E-state index is 9.67. The largest absolute Gasteiger partial charge is 0.393 e. The van der Waals surface area contributed by atoms with E-state index in [9.17, 15) is 5.11 Å². The molecule has 0 radical (unpaired) electrons. The molecule has 1 aliphatic rings. The van der Waals surface area contributed by atoms with Crippen molar-refractivity contribution in [3.05, 3.63) is 71.3 Å². The summed E-state index contributed by atoms with van der Waals surface area (Å²) < 4.78 is 0. The third-order valence-corrected chi connectivity index (χ3v) is 5.05. The van der Waals surface area contributed by atoms with E-state index in [1.165, 1.54) is 16.7 Å². The zero-order valence-electron chi connectivity index (χ0n) is 16.3. The van der Waals surface area contributed by atoms with Crippen LogP contribution in [0.1, 0.15) is 29.5 Å². The van der Waals surface area contributed by atoms with Crippen molar-refractivity contribution in [2.45, 2.75) is 38.5 Å². The molecule has 152 valence electrons. The van der Waals surface area contributed by atoms with Gasteiger partial charge in [0.1, 0.15) is 0 Å². The molecule has 1 fully saturated rings. The minimum atomic E-state index is -0.136. The van der Waals surface area contributed by atoms with Gasteiger partial charge < -0.3 is 16.2 Å². The van der Waals surface area contributed by atoms with Gasteiger partial charge in [0.2, 0.25) is 0 Å². The van der Waals surface area contributed by atoms with E-state index in [4.69, 9.17) is 5.73 Å². The Morgan fingerprint density at radius 3 is 2.39 bits per heavy atom. The molecule has 3 rings (SSSR count). The molecule has 2 aromatic rings. The number of guanidine groups is 1. The lowest BCUT2D eigenvalue weighted by molar-refractivity contribution is 0.0791. The average Bonchev–Trinajstić information content (AvgIpc) is 2.70. The second-order valence-electron chi connectivity index (χ2n) is 7.14. The molecule has 0 bridgehead atoms. The van der Waals surface area contributed by atoms with E-state index in [0.717, 1.165) is 45.4 Å². The van der Waals surface area contributed by atoms with Gasteiger partial charge in [-0.25, -0.2) is 4.99 Å². The van der Waals surface area contributed by atoms with Gasteiger partial charge in [0.05, 0.1) is 12.6 Å². The van der Waals surface area contributed by atoms with Crippen LogP contribution in [0.3, 0.4) is 0 Å². The lowest BCUT2D eigenvalue weighted by Crippen LogP contribution is -2.35. The molecule has 0 unspecified atom stereocenters. The quantitative estimate of drug-likeness (QED) is 0.315. The van der Waals surface area contributed by atoms with Gasteiger partial charge in [-0.3, -0.25) is 4.90 Å². The normalized spacial score (nSPS) is 15.8. The third-order valence-electron chi connectivity index (χ3n) is 5.05. The number of aliphatic imine (C=N–C) groups is 1. The Balaban J connectivity index is 0.00000280. The molecular weight excluding hydrogens is 463 g/mol. The Bertz CT molecular complexity index is 730. The summed E-state index contributed by atoms with van der Waals surface area (Å²) in [6.07, 6.45) is 2.51. The van der Waals surface area contributed by atoms with Crippen LogP contribution in [-0.2, 0) is 19.5 Å². The monoisotopic (exact) mass is 494 g/mol. The maximum atomic E-state index is 9.67. The zero-order valence-corrected chi connectivity index (χ0v) is 18.6. The Morgan fingerprint density at radius 1 is 1.04 bits per heavy atom. The maximum Gasteiger partial charge on any atom is 0.188 e. The Hall–Kier alpha value is -1.64. The summed E-state index contributed by atoms with van der Waals surface area (Å²) in [5.74, 6) is 0.488. The predicted octanol–water partition coefficient (Wildman–Crippen LogP) is 2.91. The van der Waals surface area contributed by atoms with Crippen molar-refractivity contribution in [3.8, 4) is 0 Å².